The first kappa shape index (κ1) is 24.0. The van der Waals surface area contributed by atoms with Gasteiger partial charge in [-0.3, -0.25) is 9.59 Å². The number of anilines is 2. The topological polar surface area (TPSA) is 74.6 Å². The van der Waals surface area contributed by atoms with Crippen LogP contribution in [0.2, 0.25) is 0 Å². The summed E-state index contributed by atoms with van der Waals surface area (Å²) in [6.07, 6.45) is 5.22. The first-order valence-electron chi connectivity index (χ1n) is 11.8. The van der Waals surface area contributed by atoms with E-state index in [-0.39, 0.29) is 17.6 Å². The third kappa shape index (κ3) is 6.23. The van der Waals surface area contributed by atoms with Crippen LogP contribution in [0.25, 0.3) is 0 Å². The average molecular weight is 478 g/mol. The minimum Gasteiger partial charge on any atom is -0.459 e. The molecule has 1 atom stereocenters. The van der Waals surface area contributed by atoms with Crippen LogP contribution in [-0.4, -0.2) is 30.9 Å². The lowest BCUT2D eigenvalue weighted by Crippen LogP contribution is -2.43. The van der Waals surface area contributed by atoms with Crippen molar-refractivity contribution in [2.45, 2.75) is 49.3 Å². The summed E-state index contributed by atoms with van der Waals surface area (Å²) in [4.78, 5) is 29.5. The van der Waals surface area contributed by atoms with Crippen LogP contribution in [0.15, 0.2) is 76.2 Å². The summed E-state index contributed by atoms with van der Waals surface area (Å²) in [5.74, 6) is 0.277. The highest BCUT2D eigenvalue weighted by Gasteiger charge is 2.24. The van der Waals surface area contributed by atoms with Crippen LogP contribution < -0.4 is 15.5 Å². The van der Waals surface area contributed by atoms with E-state index in [0.717, 1.165) is 41.3 Å². The van der Waals surface area contributed by atoms with E-state index in [4.69, 9.17) is 4.42 Å². The molecular formula is C27H31N3O3S. The number of rotatable bonds is 10. The highest BCUT2D eigenvalue weighted by molar-refractivity contribution is 7.98. The highest BCUT2D eigenvalue weighted by atomic mass is 32.2. The van der Waals surface area contributed by atoms with Gasteiger partial charge in [-0.25, -0.2) is 0 Å². The Morgan fingerprint density at radius 2 is 1.85 bits per heavy atom. The van der Waals surface area contributed by atoms with Gasteiger partial charge in [0.05, 0.1) is 6.26 Å². The van der Waals surface area contributed by atoms with Crippen LogP contribution in [0.1, 0.15) is 48.7 Å². The molecule has 1 aliphatic heterocycles. The van der Waals surface area contributed by atoms with E-state index >= 15 is 0 Å². The van der Waals surface area contributed by atoms with Gasteiger partial charge < -0.3 is 20.0 Å². The molecular weight excluding hydrogens is 446 g/mol. The summed E-state index contributed by atoms with van der Waals surface area (Å²) in [5, 5.41) is 5.87. The molecule has 0 aliphatic carbocycles. The lowest BCUT2D eigenvalue weighted by atomic mass is 10.1. The standard InChI is InChI=1S/C27H31N3O3S/c1-2-9-24(26(31)28-21-10-8-11-22(18-21)30-15-6-7-16-30)29-27(32)25-20(14-17-33-25)19-34-23-12-4-3-5-13-23/h3-5,8,10-14,17-18,24H,2,6-7,9,15-16,19H2,1H3,(H,28,31)(H,29,32). The Balaban J connectivity index is 1.39. The minimum absolute atomic E-state index is 0.222. The van der Waals surface area contributed by atoms with E-state index in [1.165, 1.54) is 19.1 Å². The largest absolute Gasteiger partial charge is 0.459 e. The van der Waals surface area contributed by atoms with E-state index in [0.29, 0.717) is 12.2 Å². The fourth-order valence-electron chi connectivity index (χ4n) is 4.09. The number of benzene rings is 2. The van der Waals surface area contributed by atoms with Crippen LogP contribution in [0.4, 0.5) is 11.4 Å². The fraction of sp³-hybridized carbons (Fsp3) is 0.333. The van der Waals surface area contributed by atoms with Crippen LogP contribution in [-0.2, 0) is 10.5 Å². The molecule has 1 fully saturated rings. The maximum Gasteiger partial charge on any atom is 0.287 e. The minimum atomic E-state index is -0.646. The zero-order valence-electron chi connectivity index (χ0n) is 19.5. The molecule has 1 aliphatic rings. The number of carbonyl (C=O) groups is 2. The first-order valence-corrected chi connectivity index (χ1v) is 12.8. The van der Waals surface area contributed by atoms with E-state index in [9.17, 15) is 9.59 Å². The van der Waals surface area contributed by atoms with E-state index < -0.39 is 6.04 Å². The van der Waals surface area contributed by atoms with Crippen molar-refractivity contribution < 1.29 is 14.0 Å². The molecule has 1 unspecified atom stereocenters. The molecule has 2 heterocycles. The predicted molar refractivity (Wildman–Crippen MR) is 137 cm³/mol. The van der Waals surface area contributed by atoms with Crippen LogP contribution in [0, 0.1) is 0 Å². The maximum absolute atomic E-state index is 13.1. The Bertz CT molecular complexity index is 1090. The monoisotopic (exact) mass is 477 g/mol. The highest BCUT2D eigenvalue weighted by Crippen LogP contribution is 2.26. The Kier molecular flexibility index (Phi) is 8.31. The molecule has 1 saturated heterocycles. The van der Waals surface area contributed by atoms with Crippen molar-refractivity contribution >= 4 is 35.0 Å². The number of nitrogens with zero attached hydrogens (tertiary/aromatic N) is 1. The van der Waals surface area contributed by atoms with Gasteiger partial charge in [0.25, 0.3) is 5.91 Å². The molecule has 0 saturated carbocycles. The molecule has 6 nitrogen and oxygen atoms in total. The number of carbonyl (C=O) groups excluding carboxylic acids is 2. The molecule has 0 radical (unpaired) electrons. The first-order chi connectivity index (χ1) is 16.6. The van der Waals surface area contributed by atoms with Crippen molar-refractivity contribution in [1.29, 1.82) is 0 Å². The molecule has 34 heavy (non-hydrogen) atoms. The molecule has 7 heteroatoms. The summed E-state index contributed by atoms with van der Waals surface area (Å²) in [6, 6.07) is 19.1. The molecule has 1 aromatic heterocycles. The molecule has 4 rings (SSSR count). The van der Waals surface area contributed by atoms with Gasteiger partial charge in [-0.1, -0.05) is 37.6 Å². The predicted octanol–water partition coefficient (Wildman–Crippen LogP) is 5.71. The van der Waals surface area contributed by atoms with Gasteiger partial charge in [0.15, 0.2) is 5.76 Å². The number of amides is 2. The van der Waals surface area contributed by atoms with Crippen molar-refractivity contribution in [2.24, 2.45) is 0 Å². The second kappa shape index (κ2) is 11.8. The third-order valence-electron chi connectivity index (χ3n) is 5.87. The number of thioether (sulfide) groups is 1. The van der Waals surface area contributed by atoms with Gasteiger partial charge in [0.1, 0.15) is 6.04 Å². The number of hydrogen-bond acceptors (Lipinski definition) is 5. The molecule has 178 valence electrons. The van der Waals surface area contributed by atoms with Crippen molar-refractivity contribution in [3.8, 4) is 0 Å². The second-order valence-corrected chi connectivity index (χ2v) is 9.47. The van der Waals surface area contributed by atoms with Gasteiger partial charge >= 0.3 is 0 Å². The van der Waals surface area contributed by atoms with Gasteiger partial charge in [0, 0.05) is 40.7 Å². The maximum atomic E-state index is 13.1. The number of furan rings is 1. The van der Waals surface area contributed by atoms with Gasteiger partial charge in [0.2, 0.25) is 5.91 Å². The lowest BCUT2D eigenvalue weighted by Gasteiger charge is -2.20. The smallest absolute Gasteiger partial charge is 0.287 e. The fourth-order valence-corrected chi connectivity index (χ4v) is 4.99. The zero-order chi connectivity index (χ0) is 23.8. The van der Waals surface area contributed by atoms with Crippen LogP contribution in [0.3, 0.4) is 0 Å². The number of hydrogen-bond donors (Lipinski definition) is 2. The molecule has 3 aromatic rings. The zero-order valence-corrected chi connectivity index (χ0v) is 20.3. The summed E-state index contributed by atoms with van der Waals surface area (Å²) >= 11 is 1.64. The molecule has 2 N–H and O–H groups in total. The third-order valence-corrected chi connectivity index (χ3v) is 6.94. The average Bonchev–Trinajstić information content (AvgIpc) is 3.56. The van der Waals surface area contributed by atoms with E-state index in [1.807, 2.05) is 61.5 Å². The van der Waals surface area contributed by atoms with Crippen molar-refractivity contribution in [3.63, 3.8) is 0 Å². The van der Waals surface area contributed by atoms with Crippen molar-refractivity contribution in [1.82, 2.24) is 5.32 Å². The quantitative estimate of drug-likeness (QED) is 0.366. The summed E-state index contributed by atoms with van der Waals surface area (Å²) in [6.45, 7) is 4.08. The van der Waals surface area contributed by atoms with Gasteiger partial charge in [-0.2, -0.15) is 0 Å². The van der Waals surface area contributed by atoms with Crippen molar-refractivity contribution in [3.05, 3.63) is 78.3 Å². The van der Waals surface area contributed by atoms with E-state index in [1.54, 1.807) is 11.8 Å². The normalized spacial score (nSPS) is 14.1. The molecule has 0 bridgehead atoms. The summed E-state index contributed by atoms with van der Waals surface area (Å²) in [5.41, 5.74) is 2.66. The second-order valence-electron chi connectivity index (χ2n) is 8.43. The van der Waals surface area contributed by atoms with Gasteiger partial charge in [-0.15, -0.1) is 11.8 Å². The Hall–Kier alpha value is -3.19. The summed E-state index contributed by atoms with van der Waals surface area (Å²) in [7, 11) is 0. The Morgan fingerprint density at radius 1 is 1.06 bits per heavy atom. The SMILES string of the molecule is CCCC(NC(=O)c1occc1CSc1ccccc1)C(=O)Nc1cccc(N2CCCC2)c1. The summed E-state index contributed by atoms with van der Waals surface area (Å²) < 4.78 is 5.50. The molecule has 2 aromatic carbocycles. The van der Waals surface area contributed by atoms with Crippen molar-refractivity contribution in [2.75, 3.05) is 23.3 Å². The Labute approximate surface area is 205 Å². The Morgan fingerprint density at radius 3 is 2.62 bits per heavy atom. The molecule has 2 amide bonds. The lowest BCUT2D eigenvalue weighted by molar-refractivity contribution is -0.118. The van der Waals surface area contributed by atoms with Gasteiger partial charge in [-0.05, 0) is 55.7 Å². The molecule has 0 spiro atoms. The van der Waals surface area contributed by atoms with Crippen LogP contribution in [0.5, 0.6) is 0 Å². The van der Waals surface area contributed by atoms with E-state index in [2.05, 4.69) is 21.6 Å². The van der Waals surface area contributed by atoms with Crippen LogP contribution >= 0.6 is 11.8 Å². The number of nitrogens with one attached hydrogen (secondary N) is 2.